The molecule has 1 fully saturated rings. The van der Waals surface area contributed by atoms with Crippen molar-refractivity contribution in [2.75, 3.05) is 11.9 Å². The van der Waals surface area contributed by atoms with E-state index in [2.05, 4.69) is 5.32 Å². The maximum atomic E-state index is 13.2. The molecule has 1 aromatic rings. The van der Waals surface area contributed by atoms with Crippen LogP contribution in [0.3, 0.4) is 0 Å². The Morgan fingerprint density at radius 2 is 1.95 bits per heavy atom. The Bertz CT molecular complexity index is 465. The van der Waals surface area contributed by atoms with Crippen molar-refractivity contribution in [2.24, 2.45) is 0 Å². The third kappa shape index (κ3) is 3.66. The SMILES string of the molecule is CC(C)NCc1ccc(N(C)C2CC2)cc1C(F)(F)F. The van der Waals surface area contributed by atoms with Crippen LogP contribution in [0, 0.1) is 0 Å². The van der Waals surface area contributed by atoms with Crippen LogP contribution < -0.4 is 10.2 Å². The fourth-order valence-corrected chi connectivity index (χ4v) is 2.19. The molecule has 0 amide bonds. The number of alkyl halides is 3. The van der Waals surface area contributed by atoms with E-state index in [0.717, 1.165) is 12.8 Å². The molecule has 0 radical (unpaired) electrons. The van der Waals surface area contributed by atoms with Crippen LogP contribution in [0.5, 0.6) is 0 Å². The summed E-state index contributed by atoms with van der Waals surface area (Å²) in [5, 5.41) is 3.04. The number of rotatable bonds is 5. The van der Waals surface area contributed by atoms with Gasteiger partial charge < -0.3 is 10.2 Å². The zero-order valence-corrected chi connectivity index (χ0v) is 12.1. The summed E-state index contributed by atoms with van der Waals surface area (Å²) in [6.45, 7) is 4.07. The summed E-state index contributed by atoms with van der Waals surface area (Å²) in [6.07, 6.45) is -2.18. The predicted molar refractivity (Wildman–Crippen MR) is 74.8 cm³/mol. The second kappa shape index (κ2) is 5.64. The molecule has 0 spiro atoms. The normalized spacial score (nSPS) is 15.8. The van der Waals surface area contributed by atoms with Crippen LogP contribution in [0.4, 0.5) is 18.9 Å². The number of anilines is 1. The zero-order chi connectivity index (χ0) is 14.9. The highest BCUT2D eigenvalue weighted by Gasteiger charge is 2.34. The number of nitrogens with zero attached hydrogens (tertiary/aromatic N) is 1. The fourth-order valence-electron chi connectivity index (χ4n) is 2.19. The predicted octanol–water partition coefficient (Wildman–Crippen LogP) is 3.80. The maximum Gasteiger partial charge on any atom is 0.416 e. The zero-order valence-electron chi connectivity index (χ0n) is 12.1. The molecule has 5 heteroatoms. The lowest BCUT2D eigenvalue weighted by atomic mass is 10.0. The number of benzene rings is 1. The quantitative estimate of drug-likeness (QED) is 0.885. The van der Waals surface area contributed by atoms with Gasteiger partial charge in [0.15, 0.2) is 0 Å². The first-order valence-electron chi connectivity index (χ1n) is 6.95. The largest absolute Gasteiger partial charge is 0.416 e. The number of hydrogen-bond donors (Lipinski definition) is 1. The standard InChI is InChI=1S/C15H21F3N2/c1-10(2)19-9-11-4-5-13(20(3)12-6-7-12)8-14(11)15(16,17)18/h4-5,8,10,12,19H,6-7,9H2,1-3H3. The third-order valence-corrected chi connectivity index (χ3v) is 3.60. The van der Waals surface area contributed by atoms with Crippen molar-refractivity contribution in [3.05, 3.63) is 29.3 Å². The van der Waals surface area contributed by atoms with Crippen molar-refractivity contribution < 1.29 is 13.2 Å². The van der Waals surface area contributed by atoms with Crippen LogP contribution in [0.1, 0.15) is 37.8 Å². The van der Waals surface area contributed by atoms with Crippen molar-refractivity contribution in [1.29, 1.82) is 0 Å². The van der Waals surface area contributed by atoms with Gasteiger partial charge in [-0.15, -0.1) is 0 Å². The summed E-state index contributed by atoms with van der Waals surface area (Å²) in [5.74, 6) is 0. The summed E-state index contributed by atoms with van der Waals surface area (Å²) in [7, 11) is 1.86. The lowest BCUT2D eigenvalue weighted by molar-refractivity contribution is -0.138. The molecule has 112 valence electrons. The summed E-state index contributed by atoms with van der Waals surface area (Å²) in [5.41, 5.74) is 0.419. The lowest BCUT2D eigenvalue weighted by Gasteiger charge is -2.22. The second-order valence-electron chi connectivity index (χ2n) is 5.72. The van der Waals surface area contributed by atoms with Crippen molar-refractivity contribution in [1.82, 2.24) is 5.32 Å². The van der Waals surface area contributed by atoms with Crippen LogP contribution in [0.25, 0.3) is 0 Å². The van der Waals surface area contributed by atoms with Gasteiger partial charge in [0, 0.05) is 31.4 Å². The molecular formula is C15H21F3N2. The van der Waals surface area contributed by atoms with Crippen LogP contribution in [0.15, 0.2) is 18.2 Å². The van der Waals surface area contributed by atoms with Gasteiger partial charge in [0.25, 0.3) is 0 Å². The molecule has 0 aliphatic heterocycles. The van der Waals surface area contributed by atoms with E-state index in [1.807, 2.05) is 25.8 Å². The number of nitrogens with one attached hydrogen (secondary N) is 1. The van der Waals surface area contributed by atoms with Gasteiger partial charge in [-0.1, -0.05) is 19.9 Å². The minimum atomic E-state index is -4.31. The average Bonchev–Trinajstić information content (AvgIpc) is 3.18. The molecule has 0 saturated heterocycles. The second-order valence-corrected chi connectivity index (χ2v) is 5.72. The molecule has 1 N–H and O–H groups in total. The highest BCUT2D eigenvalue weighted by molar-refractivity contribution is 5.53. The van der Waals surface area contributed by atoms with Crippen molar-refractivity contribution in [3.8, 4) is 0 Å². The van der Waals surface area contributed by atoms with Crippen LogP contribution in [0.2, 0.25) is 0 Å². The van der Waals surface area contributed by atoms with Gasteiger partial charge in [0.05, 0.1) is 5.56 Å². The van der Waals surface area contributed by atoms with Gasteiger partial charge >= 0.3 is 6.18 Å². The Balaban J connectivity index is 2.27. The topological polar surface area (TPSA) is 15.3 Å². The Kier molecular flexibility index (Phi) is 4.28. The number of hydrogen-bond acceptors (Lipinski definition) is 2. The first-order valence-corrected chi connectivity index (χ1v) is 6.95. The van der Waals surface area contributed by atoms with Crippen molar-refractivity contribution in [3.63, 3.8) is 0 Å². The van der Waals surface area contributed by atoms with Gasteiger partial charge in [-0.25, -0.2) is 0 Å². The molecule has 2 rings (SSSR count). The molecule has 0 heterocycles. The van der Waals surface area contributed by atoms with E-state index in [1.165, 1.54) is 6.07 Å². The van der Waals surface area contributed by atoms with E-state index in [9.17, 15) is 13.2 Å². The molecule has 1 saturated carbocycles. The summed E-state index contributed by atoms with van der Waals surface area (Å²) >= 11 is 0. The highest BCUT2D eigenvalue weighted by Crippen LogP contribution is 2.37. The molecule has 0 aromatic heterocycles. The Hall–Kier alpha value is -1.23. The molecular weight excluding hydrogens is 265 g/mol. The van der Waals surface area contributed by atoms with Crippen LogP contribution in [-0.2, 0) is 12.7 Å². The Labute approximate surface area is 118 Å². The minimum absolute atomic E-state index is 0.157. The molecule has 1 aliphatic rings. The average molecular weight is 286 g/mol. The molecule has 1 aliphatic carbocycles. The highest BCUT2D eigenvalue weighted by atomic mass is 19.4. The number of halogens is 3. The van der Waals surface area contributed by atoms with Gasteiger partial charge in [0.2, 0.25) is 0 Å². The van der Waals surface area contributed by atoms with Gasteiger partial charge in [-0.3, -0.25) is 0 Å². The van der Waals surface area contributed by atoms with E-state index in [4.69, 9.17) is 0 Å². The molecule has 0 atom stereocenters. The molecule has 1 aromatic carbocycles. The third-order valence-electron chi connectivity index (χ3n) is 3.60. The van der Waals surface area contributed by atoms with E-state index < -0.39 is 11.7 Å². The Morgan fingerprint density at radius 1 is 1.30 bits per heavy atom. The smallest absolute Gasteiger partial charge is 0.372 e. The van der Waals surface area contributed by atoms with Gasteiger partial charge in [-0.05, 0) is 30.5 Å². The minimum Gasteiger partial charge on any atom is -0.372 e. The van der Waals surface area contributed by atoms with Crippen LogP contribution in [-0.4, -0.2) is 19.1 Å². The maximum absolute atomic E-state index is 13.2. The fraction of sp³-hybridized carbons (Fsp3) is 0.600. The monoisotopic (exact) mass is 286 g/mol. The molecule has 0 bridgehead atoms. The molecule has 2 nitrogen and oxygen atoms in total. The van der Waals surface area contributed by atoms with E-state index in [1.54, 1.807) is 12.1 Å². The summed E-state index contributed by atoms with van der Waals surface area (Å²) in [4.78, 5) is 1.94. The first kappa shape index (κ1) is 15.2. The first-order chi connectivity index (χ1) is 9.29. The van der Waals surface area contributed by atoms with E-state index in [-0.39, 0.29) is 12.6 Å². The van der Waals surface area contributed by atoms with Crippen molar-refractivity contribution >= 4 is 5.69 Å². The van der Waals surface area contributed by atoms with E-state index in [0.29, 0.717) is 17.3 Å². The lowest BCUT2D eigenvalue weighted by Crippen LogP contribution is -2.25. The molecule has 20 heavy (non-hydrogen) atoms. The van der Waals surface area contributed by atoms with Crippen molar-refractivity contribution in [2.45, 2.75) is 51.5 Å². The van der Waals surface area contributed by atoms with Gasteiger partial charge in [-0.2, -0.15) is 13.2 Å². The van der Waals surface area contributed by atoms with E-state index >= 15 is 0 Å². The Morgan fingerprint density at radius 3 is 2.45 bits per heavy atom. The molecule has 0 unspecified atom stereocenters. The summed E-state index contributed by atoms with van der Waals surface area (Å²) < 4.78 is 39.6. The summed E-state index contributed by atoms with van der Waals surface area (Å²) in [6, 6.07) is 5.20. The van der Waals surface area contributed by atoms with Gasteiger partial charge in [0.1, 0.15) is 0 Å². The van der Waals surface area contributed by atoms with Crippen LogP contribution >= 0.6 is 0 Å².